The van der Waals surface area contributed by atoms with Crippen molar-refractivity contribution in [2.24, 2.45) is 0 Å². The summed E-state index contributed by atoms with van der Waals surface area (Å²) in [7, 11) is -1.25. The molecule has 4 nitrogen and oxygen atoms in total. The van der Waals surface area contributed by atoms with Crippen LogP contribution in [0.25, 0.3) is 0 Å². The quantitative estimate of drug-likeness (QED) is 0.109. The molecule has 4 atom stereocenters. The highest BCUT2D eigenvalue weighted by molar-refractivity contribution is 6.99. The molecule has 0 bridgehead atoms. The third-order valence-corrected chi connectivity index (χ3v) is 15.5. The first-order chi connectivity index (χ1) is 23.0. The number of carbonyl (C=O) groups excluding carboxylic acids is 1. The smallest absolute Gasteiger partial charge is 0.261 e. The number of rotatable bonds is 12. The largest absolute Gasteiger partial charge is 0.405 e. The molecule has 1 aliphatic heterocycles. The first-order valence-electron chi connectivity index (χ1n) is 16.8. The highest BCUT2D eigenvalue weighted by Crippen LogP contribution is 2.50. The standard InChI is InChI=1S/C41H47Cl2NO3Si/c1-7-26-41(46-6)28-37(31-16-15-17-33(43)27-31)38(30-22-24-32(42)25-23-30)44(39(41)45)34(8-2)29-47-48(40(3,4)5,35-18-11-9-12-19-35)36-20-13-10-14-21-36/h7,9-25,27,34,37-38H,1,8,26,28-29H2,2-6H3. The van der Waals surface area contributed by atoms with E-state index < -0.39 is 13.9 Å². The van der Waals surface area contributed by atoms with Gasteiger partial charge in [0.15, 0.2) is 5.60 Å². The molecule has 1 fully saturated rings. The molecule has 0 aliphatic carbocycles. The topological polar surface area (TPSA) is 38.8 Å². The lowest BCUT2D eigenvalue weighted by atomic mass is 9.72. The molecule has 0 radical (unpaired) electrons. The summed E-state index contributed by atoms with van der Waals surface area (Å²) in [5, 5.41) is 3.49. The summed E-state index contributed by atoms with van der Waals surface area (Å²) in [6.07, 6.45) is 3.33. The SMILES string of the molecule is C=CCC1(OC)CC(c2cccc(Cl)c2)C(c2ccc(Cl)cc2)N(C(CC)CO[Si](c2ccccc2)(c2ccccc2)C(C)(C)C)C1=O. The van der Waals surface area contributed by atoms with E-state index in [2.05, 4.69) is 93.8 Å². The summed E-state index contributed by atoms with van der Waals surface area (Å²) in [6.45, 7) is 13.3. The van der Waals surface area contributed by atoms with Gasteiger partial charge in [0.25, 0.3) is 14.2 Å². The molecule has 4 unspecified atom stereocenters. The highest BCUT2D eigenvalue weighted by Gasteiger charge is 2.55. The Morgan fingerprint density at radius 2 is 1.50 bits per heavy atom. The van der Waals surface area contributed by atoms with Gasteiger partial charge >= 0.3 is 0 Å². The fourth-order valence-electron chi connectivity index (χ4n) is 7.63. The van der Waals surface area contributed by atoms with Gasteiger partial charge in [-0.2, -0.15) is 0 Å². The van der Waals surface area contributed by atoms with Crippen molar-refractivity contribution >= 4 is 47.8 Å². The lowest BCUT2D eigenvalue weighted by Gasteiger charge is -2.53. The average molecular weight is 701 g/mol. The molecule has 5 rings (SSSR count). The Labute approximate surface area is 297 Å². The predicted molar refractivity (Wildman–Crippen MR) is 202 cm³/mol. The Morgan fingerprint density at radius 3 is 2.00 bits per heavy atom. The van der Waals surface area contributed by atoms with Gasteiger partial charge in [-0.3, -0.25) is 4.79 Å². The summed E-state index contributed by atoms with van der Waals surface area (Å²) < 4.78 is 13.7. The van der Waals surface area contributed by atoms with Gasteiger partial charge in [0.1, 0.15) is 0 Å². The van der Waals surface area contributed by atoms with E-state index in [4.69, 9.17) is 32.4 Å². The van der Waals surface area contributed by atoms with Gasteiger partial charge in [0.2, 0.25) is 0 Å². The molecule has 48 heavy (non-hydrogen) atoms. The van der Waals surface area contributed by atoms with Crippen LogP contribution in [0.4, 0.5) is 0 Å². The van der Waals surface area contributed by atoms with Crippen molar-refractivity contribution in [1.82, 2.24) is 4.90 Å². The van der Waals surface area contributed by atoms with E-state index in [1.165, 1.54) is 10.4 Å². The molecule has 0 spiro atoms. The van der Waals surface area contributed by atoms with Crippen LogP contribution in [0.1, 0.15) is 70.0 Å². The molecule has 252 valence electrons. The van der Waals surface area contributed by atoms with Crippen molar-refractivity contribution in [2.75, 3.05) is 13.7 Å². The lowest BCUT2D eigenvalue weighted by molar-refractivity contribution is -0.173. The van der Waals surface area contributed by atoms with E-state index in [0.717, 1.165) is 11.1 Å². The lowest BCUT2D eigenvalue weighted by Crippen LogP contribution is -2.68. The van der Waals surface area contributed by atoms with E-state index in [1.54, 1.807) is 13.2 Å². The van der Waals surface area contributed by atoms with Gasteiger partial charge < -0.3 is 14.1 Å². The van der Waals surface area contributed by atoms with E-state index in [9.17, 15) is 0 Å². The summed E-state index contributed by atoms with van der Waals surface area (Å²) in [4.78, 5) is 17.1. The second-order valence-electron chi connectivity index (χ2n) is 13.8. The maximum atomic E-state index is 15.1. The van der Waals surface area contributed by atoms with E-state index in [0.29, 0.717) is 35.9 Å². The molecule has 4 aromatic rings. The van der Waals surface area contributed by atoms with Crippen molar-refractivity contribution in [3.63, 3.8) is 0 Å². The van der Waals surface area contributed by atoms with Gasteiger partial charge in [-0.25, -0.2) is 0 Å². The molecule has 0 saturated carbocycles. The van der Waals surface area contributed by atoms with Crippen LogP contribution >= 0.6 is 23.2 Å². The monoisotopic (exact) mass is 699 g/mol. The minimum Gasteiger partial charge on any atom is -0.405 e. The molecule has 1 aliphatic rings. The van der Waals surface area contributed by atoms with E-state index in [1.807, 2.05) is 54.6 Å². The first kappa shape index (κ1) is 36.1. The summed E-state index contributed by atoms with van der Waals surface area (Å²) in [5.74, 6) is -0.176. The zero-order valence-electron chi connectivity index (χ0n) is 28.7. The van der Waals surface area contributed by atoms with Crippen molar-refractivity contribution in [2.45, 2.75) is 75.6 Å². The van der Waals surface area contributed by atoms with Crippen molar-refractivity contribution in [3.05, 3.63) is 143 Å². The summed E-state index contributed by atoms with van der Waals surface area (Å²) >= 11 is 13.0. The van der Waals surface area contributed by atoms with Crippen LogP contribution in [-0.4, -0.2) is 44.5 Å². The molecular weight excluding hydrogens is 653 g/mol. The average Bonchev–Trinajstić information content (AvgIpc) is 3.08. The predicted octanol–water partition coefficient (Wildman–Crippen LogP) is 9.37. The molecule has 1 amide bonds. The molecule has 1 heterocycles. The second kappa shape index (κ2) is 15.1. The minimum absolute atomic E-state index is 0.0546. The van der Waals surface area contributed by atoms with Crippen LogP contribution in [-0.2, 0) is 14.0 Å². The zero-order chi connectivity index (χ0) is 34.5. The fourth-order valence-corrected chi connectivity index (χ4v) is 12.6. The van der Waals surface area contributed by atoms with Gasteiger partial charge in [-0.15, -0.1) is 6.58 Å². The van der Waals surface area contributed by atoms with Crippen molar-refractivity contribution < 1.29 is 14.0 Å². The van der Waals surface area contributed by atoms with Crippen LogP contribution in [0.2, 0.25) is 15.1 Å². The zero-order valence-corrected chi connectivity index (χ0v) is 31.2. The van der Waals surface area contributed by atoms with Gasteiger partial charge in [-0.05, 0) is 63.6 Å². The number of benzene rings is 4. The maximum Gasteiger partial charge on any atom is 0.261 e. The number of amides is 1. The van der Waals surface area contributed by atoms with Crippen molar-refractivity contribution in [3.8, 4) is 0 Å². The molecule has 7 heteroatoms. The number of nitrogens with zero attached hydrogens (tertiary/aromatic N) is 1. The van der Waals surface area contributed by atoms with Gasteiger partial charge in [0.05, 0.1) is 18.7 Å². The second-order valence-corrected chi connectivity index (χ2v) is 19.0. The summed E-state index contributed by atoms with van der Waals surface area (Å²) in [6, 6.07) is 36.5. The molecule has 4 aromatic carbocycles. The number of halogens is 2. The molecule has 0 aromatic heterocycles. The van der Waals surface area contributed by atoms with Gasteiger partial charge in [0, 0.05) is 29.5 Å². The van der Waals surface area contributed by atoms with Crippen LogP contribution in [0.3, 0.4) is 0 Å². The number of ether oxygens (including phenoxy) is 1. The van der Waals surface area contributed by atoms with Gasteiger partial charge in [-0.1, -0.05) is 142 Å². The van der Waals surface area contributed by atoms with Crippen LogP contribution < -0.4 is 10.4 Å². The summed E-state index contributed by atoms with van der Waals surface area (Å²) in [5.41, 5.74) is 0.959. The molecule has 0 N–H and O–H groups in total. The highest BCUT2D eigenvalue weighted by atomic mass is 35.5. The normalized spacial score (nSPS) is 20.8. The van der Waals surface area contributed by atoms with Crippen LogP contribution in [0.5, 0.6) is 0 Å². The number of likely N-dealkylation sites (tertiary alicyclic amines) is 1. The Hall–Kier alpha value is -3.19. The van der Waals surface area contributed by atoms with E-state index >= 15 is 4.79 Å². The number of piperidine rings is 1. The number of hydrogen-bond donors (Lipinski definition) is 0. The maximum absolute atomic E-state index is 15.1. The number of hydrogen-bond acceptors (Lipinski definition) is 3. The molecule has 1 saturated heterocycles. The minimum atomic E-state index is -2.89. The Bertz CT molecular complexity index is 1640. The number of methoxy groups -OCH3 is 1. The third-order valence-electron chi connectivity index (χ3n) is 9.98. The van der Waals surface area contributed by atoms with Crippen molar-refractivity contribution in [1.29, 1.82) is 0 Å². The van der Waals surface area contributed by atoms with Crippen LogP contribution in [0.15, 0.2) is 122 Å². The third kappa shape index (κ3) is 6.94. The Kier molecular flexibility index (Phi) is 11.4. The number of carbonyl (C=O) groups is 1. The Morgan fingerprint density at radius 1 is 0.896 bits per heavy atom. The fraction of sp³-hybridized carbons (Fsp3) is 0.341. The molecular formula is C41H47Cl2NO3Si. The first-order valence-corrected chi connectivity index (χ1v) is 19.4. The Balaban J connectivity index is 1.68. The van der Waals surface area contributed by atoms with Crippen LogP contribution in [0, 0.1) is 0 Å². The van der Waals surface area contributed by atoms with E-state index in [-0.39, 0.29) is 28.9 Å².